The Bertz CT molecular complexity index is 1120. The van der Waals surface area contributed by atoms with Gasteiger partial charge in [-0.25, -0.2) is 23.1 Å². The molecule has 0 radical (unpaired) electrons. The molecule has 0 aliphatic rings. The number of aryl methyl sites for hydroxylation is 4. The maximum absolute atomic E-state index is 12.5. The van der Waals surface area contributed by atoms with Gasteiger partial charge in [-0.05, 0) is 46.1 Å². The Labute approximate surface area is 175 Å². The van der Waals surface area contributed by atoms with E-state index in [4.69, 9.17) is 15.0 Å². The van der Waals surface area contributed by atoms with Crippen molar-refractivity contribution in [2.45, 2.75) is 58.6 Å². The lowest BCUT2D eigenvalue weighted by Crippen LogP contribution is -2.26. The number of pyridine rings is 1. The minimum absolute atomic E-state index is 0.112. The molecule has 11 heteroatoms. The first kappa shape index (κ1) is 22.2. The van der Waals surface area contributed by atoms with Gasteiger partial charge in [0.2, 0.25) is 10.0 Å². The number of hydrogen-bond acceptors (Lipinski definition) is 8. The van der Waals surface area contributed by atoms with Crippen LogP contribution in [0.2, 0.25) is 0 Å². The summed E-state index contributed by atoms with van der Waals surface area (Å²) < 4.78 is 40.2. The molecule has 10 nitrogen and oxygen atoms in total. The van der Waals surface area contributed by atoms with Crippen LogP contribution in [0.3, 0.4) is 0 Å². The first-order chi connectivity index (χ1) is 14.3. The molecule has 3 N–H and O–H groups in total. The summed E-state index contributed by atoms with van der Waals surface area (Å²) in [5.41, 5.74) is 8.96. The second-order valence-corrected chi connectivity index (χ2v) is 8.80. The van der Waals surface area contributed by atoms with E-state index in [0.29, 0.717) is 49.8 Å². The third-order valence-electron chi connectivity index (χ3n) is 4.83. The Morgan fingerprint density at radius 1 is 1.27 bits per heavy atom. The van der Waals surface area contributed by atoms with E-state index < -0.39 is 10.0 Å². The summed E-state index contributed by atoms with van der Waals surface area (Å²) in [6, 6.07) is 0. The first-order valence-corrected chi connectivity index (χ1v) is 11.3. The largest absolute Gasteiger partial charge is 0.382 e. The second kappa shape index (κ2) is 9.11. The molecule has 3 heterocycles. The van der Waals surface area contributed by atoms with E-state index in [1.807, 2.05) is 13.8 Å². The summed E-state index contributed by atoms with van der Waals surface area (Å²) in [4.78, 5) is 8.92. The fourth-order valence-electron chi connectivity index (χ4n) is 3.44. The van der Waals surface area contributed by atoms with Crippen molar-refractivity contribution in [3.63, 3.8) is 0 Å². The van der Waals surface area contributed by atoms with E-state index in [1.165, 1.54) is 0 Å². The molecule has 0 aliphatic carbocycles. The lowest BCUT2D eigenvalue weighted by molar-refractivity contribution is 0.126. The standard InChI is InChI=1S/C19H28N6O4S/c1-5-28-11-15-23-16-17(12(2)10-21-19(16)20)25(15)9-7-6-8-22-30(26,27)18-13(3)24-29-14(18)4/h10,22H,5-9,11H2,1-4H3,(H2,20,21). The summed E-state index contributed by atoms with van der Waals surface area (Å²) >= 11 is 0. The van der Waals surface area contributed by atoms with Crippen LogP contribution in [0.4, 0.5) is 5.82 Å². The molecule has 164 valence electrons. The zero-order valence-corrected chi connectivity index (χ0v) is 18.5. The van der Waals surface area contributed by atoms with Gasteiger partial charge in [0, 0.05) is 25.9 Å². The number of nitrogen functional groups attached to an aromatic ring is 1. The SMILES string of the molecule is CCOCc1nc2c(N)ncc(C)c2n1CCCCNS(=O)(=O)c1c(C)noc1C. The van der Waals surface area contributed by atoms with Crippen LogP contribution in [0.15, 0.2) is 15.6 Å². The molecular formula is C19H28N6O4S. The number of imidazole rings is 1. The van der Waals surface area contributed by atoms with Crippen molar-refractivity contribution >= 4 is 26.9 Å². The highest BCUT2D eigenvalue weighted by Crippen LogP contribution is 2.24. The van der Waals surface area contributed by atoms with Crippen molar-refractivity contribution in [3.8, 4) is 0 Å². The third-order valence-corrected chi connectivity index (χ3v) is 6.54. The number of nitrogens with two attached hydrogens (primary N) is 1. The van der Waals surface area contributed by atoms with Crippen molar-refractivity contribution in [2.75, 3.05) is 18.9 Å². The number of anilines is 1. The molecule has 0 fully saturated rings. The van der Waals surface area contributed by atoms with Gasteiger partial charge in [-0.1, -0.05) is 5.16 Å². The Morgan fingerprint density at radius 2 is 2.03 bits per heavy atom. The second-order valence-electron chi connectivity index (χ2n) is 7.10. The highest BCUT2D eigenvalue weighted by atomic mass is 32.2. The number of nitrogens with one attached hydrogen (secondary N) is 1. The van der Waals surface area contributed by atoms with Gasteiger partial charge in [-0.3, -0.25) is 0 Å². The van der Waals surface area contributed by atoms with Crippen molar-refractivity contribution < 1.29 is 17.7 Å². The highest BCUT2D eigenvalue weighted by molar-refractivity contribution is 7.89. The van der Waals surface area contributed by atoms with Crippen LogP contribution in [0.25, 0.3) is 11.0 Å². The fourth-order valence-corrected chi connectivity index (χ4v) is 4.84. The summed E-state index contributed by atoms with van der Waals surface area (Å²) in [5, 5.41) is 3.71. The van der Waals surface area contributed by atoms with Crippen molar-refractivity contribution in [1.82, 2.24) is 24.4 Å². The quantitative estimate of drug-likeness (QED) is 0.461. The molecule has 3 aromatic heterocycles. The number of unbranched alkanes of at least 4 members (excludes halogenated alkanes) is 1. The summed E-state index contributed by atoms with van der Waals surface area (Å²) in [7, 11) is -3.65. The molecule has 0 aliphatic heterocycles. The van der Waals surface area contributed by atoms with Crippen LogP contribution in [0.1, 0.15) is 42.6 Å². The van der Waals surface area contributed by atoms with Crippen LogP contribution in [0, 0.1) is 20.8 Å². The summed E-state index contributed by atoms with van der Waals surface area (Å²) in [6.45, 7) is 9.02. The van der Waals surface area contributed by atoms with Crippen molar-refractivity contribution in [3.05, 3.63) is 29.0 Å². The van der Waals surface area contributed by atoms with Gasteiger partial charge in [0.05, 0.1) is 5.52 Å². The molecule has 30 heavy (non-hydrogen) atoms. The van der Waals surface area contributed by atoms with Gasteiger partial charge < -0.3 is 19.6 Å². The molecule has 0 saturated heterocycles. The average molecular weight is 437 g/mol. The Morgan fingerprint density at radius 3 is 2.70 bits per heavy atom. The number of sulfonamides is 1. The third kappa shape index (κ3) is 4.47. The molecule has 3 rings (SSSR count). The van der Waals surface area contributed by atoms with Gasteiger partial charge in [-0.2, -0.15) is 0 Å². The van der Waals surface area contributed by atoms with Gasteiger partial charge in [0.1, 0.15) is 28.5 Å². The van der Waals surface area contributed by atoms with E-state index in [0.717, 1.165) is 23.3 Å². The fraction of sp³-hybridized carbons (Fsp3) is 0.526. The maximum atomic E-state index is 12.5. The zero-order chi connectivity index (χ0) is 21.9. The van der Waals surface area contributed by atoms with Crippen molar-refractivity contribution in [2.24, 2.45) is 0 Å². The molecule has 3 aromatic rings. The molecule has 0 atom stereocenters. The topological polar surface area (TPSA) is 138 Å². The highest BCUT2D eigenvalue weighted by Gasteiger charge is 2.23. The van der Waals surface area contributed by atoms with E-state index in [9.17, 15) is 8.42 Å². The monoisotopic (exact) mass is 436 g/mol. The number of aromatic nitrogens is 4. The normalized spacial score (nSPS) is 12.1. The maximum Gasteiger partial charge on any atom is 0.245 e. The Hall–Kier alpha value is -2.50. The number of rotatable bonds is 10. The van der Waals surface area contributed by atoms with Crippen LogP contribution in [-0.4, -0.2) is 41.3 Å². The molecular weight excluding hydrogens is 408 g/mol. The Balaban J connectivity index is 1.68. The van der Waals surface area contributed by atoms with Crippen LogP contribution >= 0.6 is 0 Å². The molecule has 0 spiro atoms. The van der Waals surface area contributed by atoms with Gasteiger partial charge in [-0.15, -0.1) is 0 Å². The lowest BCUT2D eigenvalue weighted by atomic mass is 10.2. The lowest BCUT2D eigenvalue weighted by Gasteiger charge is -2.11. The molecule has 0 bridgehead atoms. The van der Waals surface area contributed by atoms with Gasteiger partial charge in [0.25, 0.3) is 0 Å². The predicted molar refractivity (Wildman–Crippen MR) is 112 cm³/mol. The average Bonchev–Trinajstić information content (AvgIpc) is 3.23. The predicted octanol–water partition coefficient (Wildman–Crippen LogP) is 2.22. The van der Waals surface area contributed by atoms with Crippen molar-refractivity contribution in [1.29, 1.82) is 0 Å². The number of ether oxygens (including phenoxy) is 1. The van der Waals surface area contributed by atoms with Crippen LogP contribution < -0.4 is 10.5 Å². The zero-order valence-electron chi connectivity index (χ0n) is 17.7. The van der Waals surface area contributed by atoms with E-state index in [1.54, 1.807) is 20.0 Å². The van der Waals surface area contributed by atoms with Gasteiger partial charge in [0.15, 0.2) is 11.6 Å². The molecule has 0 amide bonds. The summed E-state index contributed by atoms with van der Waals surface area (Å²) in [5.74, 6) is 1.46. The van der Waals surface area contributed by atoms with E-state index >= 15 is 0 Å². The summed E-state index contributed by atoms with van der Waals surface area (Å²) in [6.07, 6.45) is 3.13. The first-order valence-electron chi connectivity index (χ1n) is 9.86. The molecule has 0 saturated carbocycles. The van der Waals surface area contributed by atoms with Crippen LogP contribution in [0.5, 0.6) is 0 Å². The molecule has 0 unspecified atom stereocenters. The van der Waals surface area contributed by atoms with Gasteiger partial charge >= 0.3 is 0 Å². The van der Waals surface area contributed by atoms with E-state index in [2.05, 4.69) is 24.4 Å². The number of nitrogens with zero attached hydrogens (tertiary/aromatic N) is 4. The number of hydrogen-bond donors (Lipinski definition) is 2. The smallest absolute Gasteiger partial charge is 0.245 e. The van der Waals surface area contributed by atoms with Crippen LogP contribution in [-0.2, 0) is 27.9 Å². The minimum Gasteiger partial charge on any atom is -0.382 e. The number of fused-ring (bicyclic) bond motifs is 1. The Kier molecular flexibility index (Phi) is 6.74. The minimum atomic E-state index is -3.65. The molecule has 0 aromatic carbocycles. The van der Waals surface area contributed by atoms with E-state index in [-0.39, 0.29) is 10.7 Å².